The molecule has 1 atom stereocenters. The molecule has 1 aromatic rings. The van der Waals surface area contributed by atoms with E-state index in [0.717, 1.165) is 18.4 Å². The second-order valence-corrected chi connectivity index (χ2v) is 5.16. The summed E-state index contributed by atoms with van der Waals surface area (Å²) in [5.41, 5.74) is 5.80. The number of hydrogen-bond acceptors (Lipinski definition) is 5. The fourth-order valence-electron chi connectivity index (χ4n) is 1.78. The van der Waals surface area contributed by atoms with Gasteiger partial charge in [0.05, 0.1) is 13.2 Å². The van der Waals surface area contributed by atoms with Crippen molar-refractivity contribution in [2.75, 3.05) is 13.2 Å². The molecule has 0 spiro atoms. The standard InChI is InChI=1S/C18H25NO5/c1-4-6-11-23-15-9-7-14(12-16(15)22-5-2)8-10-17(20)24-13(3)18(19)21/h7-10,12-13H,4-6,11H2,1-3H3,(H2,19,21)/b10-8+/t13-/m0/s1. The van der Waals surface area contributed by atoms with Crippen LogP contribution >= 0.6 is 0 Å². The van der Waals surface area contributed by atoms with Crippen molar-refractivity contribution in [3.8, 4) is 11.5 Å². The number of benzene rings is 1. The van der Waals surface area contributed by atoms with Crippen molar-refractivity contribution in [3.05, 3.63) is 29.8 Å². The lowest BCUT2D eigenvalue weighted by Gasteiger charge is -2.12. The lowest BCUT2D eigenvalue weighted by molar-refractivity contribution is -0.148. The maximum atomic E-state index is 11.6. The Hall–Kier alpha value is -2.50. The Morgan fingerprint density at radius 2 is 1.96 bits per heavy atom. The Labute approximate surface area is 142 Å². The number of unbranched alkanes of at least 4 members (excludes halogenated alkanes) is 1. The Morgan fingerprint density at radius 3 is 2.58 bits per heavy atom. The molecule has 1 amide bonds. The maximum Gasteiger partial charge on any atom is 0.331 e. The molecule has 0 aromatic heterocycles. The third-order valence-electron chi connectivity index (χ3n) is 3.13. The highest BCUT2D eigenvalue weighted by Crippen LogP contribution is 2.29. The molecule has 0 unspecified atom stereocenters. The predicted molar refractivity (Wildman–Crippen MR) is 91.8 cm³/mol. The Balaban J connectivity index is 2.77. The summed E-state index contributed by atoms with van der Waals surface area (Å²) in [4.78, 5) is 22.5. The first-order valence-corrected chi connectivity index (χ1v) is 8.05. The fraction of sp³-hybridized carbons (Fsp3) is 0.444. The first kappa shape index (κ1) is 19.5. The van der Waals surface area contributed by atoms with Crippen LogP contribution in [0.4, 0.5) is 0 Å². The van der Waals surface area contributed by atoms with Gasteiger partial charge in [-0.15, -0.1) is 0 Å². The summed E-state index contributed by atoms with van der Waals surface area (Å²) in [5, 5.41) is 0. The molecule has 0 fully saturated rings. The van der Waals surface area contributed by atoms with Crippen LogP contribution in [0.15, 0.2) is 24.3 Å². The molecule has 0 saturated carbocycles. The van der Waals surface area contributed by atoms with E-state index in [1.165, 1.54) is 13.0 Å². The quantitative estimate of drug-likeness (QED) is 0.403. The van der Waals surface area contributed by atoms with Gasteiger partial charge in [0.25, 0.3) is 5.91 Å². The van der Waals surface area contributed by atoms with Crippen LogP contribution in [-0.4, -0.2) is 31.2 Å². The molecule has 0 radical (unpaired) electrons. The van der Waals surface area contributed by atoms with E-state index in [4.69, 9.17) is 19.9 Å². The summed E-state index contributed by atoms with van der Waals surface area (Å²) in [6.45, 7) is 6.54. The zero-order valence-corrected chi connectivity index (χ0v) is 14.4. The van der Waals surface area contributed by atoms with E-state index in [1.54, 1.807) is 18.2 Å². The Bertz CT molecular complexity index is 583. The van der Waals surface area contributed by atoms with E-state index in [2.05, 4.69) is 6.92 Å². The van der Waals surface area contributed by atoms with Gasteiger partial charge in [0.1, 0.15) is 0 Å². The first-order chi connectivity index (χ1) is 11.5. The fourth-order valence-corrected chi connectivity index (χ4v) is 1.78. The van der Waals surface area contributed by atoms with E-state index < -0.39 is 18.0 Å². The van der Waals surface area contributed by atoms with Crippen LogP contribution in [0.1, 0.15) is 39.2 Å². The molecule has 0 aliphatic carbocycles. The Kier molecular flexibility index (Phi) is 8.39. The first-order valence-electron chi connectivity index (χ1n) is 8.05. The zero-order valence-electron chi connectivity index (χ0n) is 14.4. The Morgan fingerprint density at radius 1 is 1.21 bits per heavy atom. The van der Waals surface area contributed by atoms with Crippen LogP contribution in [0.5, 0.6) is 11.5 Å². The van der Waals surface area contributed by atoms with E-state index >= 15 is 0 Å². The van der Waals surface area contributed by atoms with Gasteiger partial charge in [-0.1, -0.05) is 19.4 Å². The number of ether oxygens (including phenoxy) is 3. The molecular formula is C18H25NO5. The highest BCUT2D eigenvalue weighted by Gasteiger charge is 2.12. The monoisotopic (exact) mass is 335 g/mol. The number of amides is 1. The number of esters is 1. The molecule has 0 aliphatic rings. The topological polar surface area (TPSA) is 87.9 Å². The van der Waals surface area contributed by atoms with Gasteiger partial charge in [-0.2, -0.15) is 0 Å². The van der Waals surface area contributed by atoms with Crippen LogP contribution in [0, 0.1) is 0 Å². The van der Waals surface area contributed by atoms with Crippen molar-refractivity contribution in [3.63, 3.8) is 0 Å². The van der Waals surface area contributed by atoms with Gasteiger partial charge in [-0.3, -0.25) is 4.79 Å². The molecule has 0 aliphatic heterocycles. The zero-order chi connectivity index (χ0) is 17.9. The van der Waals surface area contributed by atoms with Gasteiger partial charge in [0.15, 0.2) is 17.6 Å². The van der Waals surface area contributed by atoms with Crippen molar-refractivity contribution in [2.45, 2.75) is 39.7 Å². The molecule has 2 N–H and O–H groups in total. The van der Waals surface area contributed by atoms with Crippen LogP contribution in [-0.2, 0) is 14.3 Å². The highest BCUT2D eigenvalue weighted by atomic mass is 16.5. The summed E-state index contributed by atoms with van der Waals surface area (Å²) in [6.07, 6.45) is 3.88. The summed E-state index contributed by atoms with van der Waals surface area (Å²) in [7, 11) is 0. The van der Waals surface area contributed by atoms with Gasteiger partial charge < -0.3 is 19.9 Å². The number of carbonyl (C=O) groups excluding carboxylic acids is 2. The molecular weight excluding hydrogens is 310 g/mol. The smallest absolute Gasteiger partial charge is 0.331 e. The minimum atomic E-state index is -0.963. The molecule has 24 heavy (non-hydrogen) atoms. The highest BCUT2D eigenvalue weighted by molar-refractivity contribution is 5.90. The lowest BCUT2D eigenvalue weighted by Crippen LogP contribution is -2.29. The van der Waals surface area contributed by atoms with Crippen LogP contribution in [0.3, 0.4) is 0 Å². The summed E-state index contributed by atoms with van der Waals surface area (Å²) < 4.78 is 16.1. The van der Waals surface area contributed by atoms with E-state index in [9.17, 15) is 9.59 Å². The maximum absolute atomic E-state index is 11.6. The second kappa shape index (κ2) is 10.3. The third-order valence-corrected chi connectivity index (χ3v) is 3.13. The summed E-state index contributed by atoms with van der Waals surface area (Å²) >= 11 is 0. The average molecular weight is 335 g/mol. The number of carbonyl (C=O) groups is 2. The van der Waals surface area contributed by atoms with Gasteiger partial charge in [-0.25, -0.2) is 4.79 Å². The van der Waals surface area contributed by atoms with Crippen LogP contribution in [0.2, 0.25) is 0 Å². The average Bonchev–Trinajstić information content (AvgIpc) is 2.55. The molecule has 6 heteroatoms. The van der Waals surface area contributed by atoms with Crippen molar-refractivity contribution < 1.29 is 23.8 Å². The van der Waals surface area contributed by atoms with E-state index in [0.29, 0.717) is 24.7 Å². The van der Waals surface area contributed by atoms with Crippen LogP contribution < -0.4 is 15.2 Å². The molecule has 6 nitrogen and oxygen atoms in total. The van der Waals surface area contributed by atoms with Gasteiger partial charge >= 0.3 is 5.97 Å². The molecule has 0 heterocycles. The number of hydrogen-bond donors (Lipinski definition) is 1. The summed E-state index contributed by atoms with van der Waals surface area (Å²) in [5.74, 6) is -0.0338. The van der Waals surface area contributed by atoms with Crippen molar-refractivity contribution >= 4 is 18.0 Å². The summed E-state index contributed by atoms with van der Waals surface area (Å²) in [6, 6.07) is 5.40. The van der Waals surface area contributed by atoms with E-state index in [-0.39, 0.29) is 0 Å². The number of rotatable bonds is 10. The molecule has 1 rings (SSSR count). The lowest BCUT2D eigenvalue weighted by atomic mass is 10.2. The molecule has 0 bridgehead atoms. The third kappa shape index (κ3) is 6.73. The van der Waals surface area contributed by atoms with Crippen LogP contribution in [0.25, 0.3) is 6.08 Å². The van der Waals surface area contributed by atoms with Gasteiger partial charge in [0, 0.05) is 6.08 Å². The normalized spacial score (nSPS) is 12.0. The largest absolute Gasteiger partial charge is 0.490 e. The number of nitrogens with two attached hydrogens (primary N) is 1. The van der Waals surface area contributed by atoms with Crippen molar-refractivity contribution in [2.24, 2.45) is 5.73 Å². The minimum Gasteiger partial charge on any atom is -0.490 e. The number of primary amides is 1. The molecule has 0 saturated heterocycles. The SMILES string of the molecule is CCCCOc1ccc(/C=C/C(=O)O[C@@H](C)C(N)=O)cc1OCC. The second-order valence-electron chi connectivity index (χ2n) is 5.16. The molecule has 132 valence electrons. The predicted octanol–water partition coefficient (Wildman–Crippen LogP) is 2.69. The van der Waals surface area contributed by atoms with Gasteiger partial charge in [0.2, 0.25) is 0 Å². The van der Waals surface area contributed by atoms with Crippen molar-refractivity contribution in [1.29, 1.82) is 0 Å². The van der Waals surface area contributed by atoms with E-state index in [1.807, 2.05) is 13.0 Å². The molecule has 1 aromatic carbocycles. The minimum absolute atomic E-state index is 0.509. The van der Waals surface area contributed by atoms with Crippen molar-refractivity contribution in [1.82, 2.24) is 0 Å². The van der Waals surface area contributed by atoms with Gasteiger partial charge in [-0.05, 0) is 44.0 Å².